The highest BCUT2D eigenvalue weighted by Gasteiger charge is 2.07. The number of anilines is 1. The second kappa shape index (κ2) is 5.36. The van der Waals surface area contributed by atoms with E-state index in [4.69, 9.17) is 5.73 Å². The van der Waals surface area contributed by atoms with Crippen molar-refractivity contribution < 1.29 is 0 Å². The van der Waals surface area contributed by atoms with Crippen LogP contribution in [0.2, 0.25) is 0 Å². The van der Waals surface area contributed by atoms with Gasteiger partial charge in [-0.1, -0.05) is 26.0 Å². The van der Waals surface area contributed by atoms with Gasteiger partial charge in [-0.05, 0) is 23.6 Å². The summed E-state index contributed by atoms with van der Waals surface area (Å²) < 4.78 is 1.76. The zero-order chi connectivity index (χ0) is 14.8. The summed E-state index contributed by atoms with van der Waals surface area (Å²) in [7, 11) is 0. The van der Waals surface area contributed by atoms with Gasteiger partial charge in [-0.15, -0.1) is 0 Å². The van der Waals surface area contributed by atoms with Gasteiger partial charge in [0.2, 0.25) is 0 Å². The molecule has 0 aliphatic heterocycles. The SMILES string of the molecule is CC(C)c1cc(-n2cc(-c3ccc(N)cc3)cn2)ncn1. The van der Waals surface area contributed by atoms with Gasteiger partial charge in [0, 0.05) is 29.2 Å². The standard InChI is InChI=1S/C16H17N5/c1-11(2)15-7-16(19-10-18-15)21-9-13(8-20-21)12-3-5-14(17)6-4-12/h3-11H,17H2,1-2H3. The molecule has 5 nitrogen and oxygen atoms in total. The number of nitrogens with zero attached hydrogens (tertiary/aromatic N) is 4. The van der Waals surface area contributed by atoms with Gasteiger partial charge in [0.15, 0.2) is 5.82 Å². The fourth-order valence-electron chi connectivity index (χ4n) is 2.08. The molecule has 0 radical (unpaired) electrons. The molecule has 0 atom stereocenters. The van der Waals surface area contributed by atoms with E-state index >= 15 is 0 Å². The van der Waals surface area contributed by atoms with Crippen molar-refractivity contribution in [3.63, 3.8) is 0 Å². The summed E-state index contributed by atoms with van der Waals surface area (Å²) in [6, 6.07) is 9.69. The Balaban J connectivity index is 1.94. The van der Waals surface area contributed by atoms with Gasteiger partial charge < -0.3 is 5.73 Å². The molecule has 0 spiro atoms. The molecular formula is C16H17N5. The summed E-state index contributed by atoms with van der Waals surface area (Å²) in [5.74, 6) is 1.13. The van der Waals surface area contributed by atoms with Gasteiger partial charge >= 0.3 is 0 Å². The molecule has 5 heteroatoms. The van der Waals surface area contributed by atoms with Crippen LogP contribution in [0.5, 0.6) is 0 Å². The van der Waals surface area contributed by atoms with Gasteiger partial charge in [-0.2, -0.15) is 5.10 Å². The van der Waals surface area contributed by atoms with Gasteiger partial charge in [0.1, 0.15) is 6.33 Å². The van der Waals surface area contributed by atoms with E-state index in [0.29, 0.717) is 5.92 Å². The predicted molar refractivity (Wildman–Crippen MR) is 83.1 cm³/mol. The number of benzene rings is 1. The Hall–Kier alpha value is -2.69. The lowest BCUT2D eigenvalue weighted by atomic mass is 10.1. The van der Waals surface area contributed by atoms with Crippen molar-refractivity contribution >= 4 is 5.69 Å². The molecule has 0 saturated heterocycles. The molecule has 0 bridgehead atoms. The van der Waals surface area contributed by atoms with Crippen LogP contribution in [0.15, 0.2) is 49.1 Å². The minimum atomic E-state index is 0.360. The predicted octanol–water partition coefficient (Wildman–Crippen LogP) is 3.03. The molecule has 1 aromatic carbocycles. The largest absolute Gasteiger partial charge is 0.399 e. The number of nitrogens with two attached hydrogens (primary N) is 1. The molecule has 0 aliphatic carbocycles. The Morgan fingerprint density at radius 1 is 1.05 bits per heavy atom. The summed E-state index contributed by atoms with van der Waals surface area (Å²) in [4.78, 5) is 8.56. The van der Waals surface area contributed by atoms with E-state index in [1.807, 2.05) is 42.7 Å². The Bertz CT molecular complexity index is 743. The van der Waals surface area contributed by atoms with E-state index < -0.39 is 0 Å². The van der Waals surface area contributed by atoms with Crippen LogP contribution in [-0.4, -0.2) is 19.7 Å². The number of hydrogen-bond donors (Lipinski definition) is 1. The average Bonchev–Trinajstić information content (AvgIpc) is 2.98. The molecule has 0 aliphatic rings. The van der Waals surface area contributed by atoms with Crippen LogP contribution in [0.1, 0.15) is 25.5 Å². The first-order valence-corrected chi connectivity index (χ1v) is 6.86. The third-order valence-corrected chi connectivity index (χ3v) is 3.33. The average molecular weight is 279 g/mol. The van der Waals surface area contributed by atoms with Gasteiger partial charge in [0.25, 0.3) is 0 Å². The first-order chi connectivity index (χ1) is 10.1. The lowest BCUT2D eigenvalue weighted by Crippen LogP contribution is -2.01. The molecule has 0 saturated carbocycles. The number of hydrogen-bond acceptors (Lipinski definition) is 4. The highest BCUT2D eigenvalue weighted by molar-refractivity contribution is 5.64. The van der Waals surface area contributed by atoms with Gasteiger partial charge in [-0.3, -0.25) is 0 Å². The molecular weight excluding hydrogens is 262 g/mol. The Kier molecular flexibility index (Phi) is 3.39. The van der Waals surface area contributed by atoms with Crippen LogP contribution in [0.3, 0.4) is 0 Å². The molecule has 2 N–H and O–H groups in total. The fourth-order valence-corrected chi connectivity index (χ4v) is 2.08. The smallest absolute Gasteiger partial charge is 0.156 e. The van der Waals surface area contributed by atoms with Crippen LogP contribution < -0.4 is 5.73 Å². The monoisotopic (exact) mass is 279 g/mol. The lowest BCUT2D eigenvalue weighted by molar-refractivity contribution is 0.784. The molecule has 0 fully saturated rings. The normalized spacial score (nSPS) is 11.0. The summed E-state index contributed by atoms with van der Waals surface area (Å²) in [6.45, 7) is 4.21. The van der Waals surface area contributed by atoms with Crippen LogP contribution in [-0.2, 0) is 0 Å². The van der Waals surface area contributed by atoms with Gasteiger partial charge in [0.05, 0.1) is 6.20 Å². The molecule has 0 amide bonds. The minimum Gasteiger partial charge on any atom is -0.399 e. The van der Waals surface area contributed by atoms with Crippen molar-refractivity contribution in [2.24, 2.45) is 0 Å². The zero-order valence-corrected chi connectivity index (χ0v) is 12.1. The quantitative estimate of drug-likeness (QED) is 0.748. The summed E-state index contributed by atoms with van der Waals surface area (Å²) >= 11 is 0. The molecule has 0 unspecified atom stereocenters. The van der Waals surface area contributed by atoms with E-state index in [1.54, 1.807) is 11.0 Å². The van der Waals surface area contributed by atoms with Crippen molar-refractivity contribution in [2.75, 3.05) is 5.73 Å². The first-order valence-electron chi connectivity index (χ1n) is 6.86. The topological polar surface area (TPSA) is 69.6 Å². The minimum absolute atomic E-state index is 0.360. The Labute approximate surface area is 123 Å². The van der Waals surface area contributed by atoms with Crippen LogP contribution in [0.4, 0.5) is 5.69 Å². The molecule has 2 aromatic heterocycles. The highest BCUT2D eigenvalue weighted by atomic mass is 15.3. The lowest BCUT2D eigenvalue weighted by Gasteiger charge is -2.05. The second-order valence-corrected chi connectivity index (χ2v) is 5.25. The van der Waals surface area contributed by atoms with E-state index in [2.05, 4.69) is 28.9 Å². The summed E-state index contributed by atoms with van der Waals surface area (Å²) in [6.07, 6.45) is 5.36. The Morgan fingerprint density at radius 3 is 2.52 bits per heavy atom. The maximum Gasteiger partial charge on any atom is 0.156 e. The molecule has 3 aromatic rings. The zero-order valence-electron chi connectivity index (χ0n) is 12.1. The van der Waals surface area contributed by atoms with E-state index in [9.17, 15) is 0 Å². The van der Waals surface area contributed by atoms with E-state index in [0.717, 1.165) is 28.3 Å². The first kappa shape index (κ1) is 13.3. The Morgan fingerprint density at radius 2 is 1.81 bits per heavy atom. The van der Waals surface area contributed by atoms with E-state index in [1.165, 1.54) is 0 Å². The number of nitrogen functional groups attached to an aromatic ring is 1. The number of aromatic nitrogens is 4. The molecule has 21 heavy (non-hydrogen) atoms. The van der Waals surface area contributed by atoms with Crippen LogP contribution in [0.25, 0.3) is 16.9 Å². The van der Waals surface area contributed by atoms with E-state index in [-0.39, 0.29) is 0 Å². The fraction of sp³-hybridized carbons (Fsp3) is 0.188. The van der Waals surface area contributed by atoms with Gasteiger partial charge in [-0.25, -0.2) is 14.6 Å². The summed E-state index contributed by atoms with van der Waals surface area (Å²) in [5, 5.41) is 4.38. The van der Waals surface area contributed by atoms with Crippen molar-refractivity contribution in [1.82, 2.24) is 19.7 Å². The van der Waals surface area contributed by atoms with Crippen molar-refractivity contribution in [3.8, 4) is 16.9 Å². The second-order valence-electron chi connectivity index (χ2n) is 5.25. The van der Waals surface area contributed by atoms with Crippen molar-refractivity contribution in [2.45, 2.75) is 19.8 Å². The van der Waals surface area contributed by atoms with Crippen molar-refractivity contribution in [1.29, 1.82) is 0 Å². The third kappa shape index (κ3) is 2.76. The van der Waals surface area contributed by atoms with Crippen molar-refractivity contribution in [3.05, 3.63) is 54.7 Å². The van der Waals surface area contributed by atoms with Crippen LogP contribution >= 0.6 is 0 Å². The highest BCUT2D eigenvalue weighted by Crippen LogP contribution is 2.21. The maximum atomic E-state index is 5.71. The number of rotatable bonds is 3. The van der Waals surface area contributed by atoms with Crippen LogP contribution in [0, 0.1) is 0 Å². The summed E-state index contributed by atoms with van der Waals surface area (Å²) in [5.41, 5.74) is 9.57. The maximum absolute atomic E-state index is 5.71. The third-order valence-electron chi connectivity index (χ3n) is 3.33. The molecule has 3 rings (SSSR count). The molecule has 106 valence electrons. The molecule has 2 heterocycles.